The Morgan fingerprint density at radius 2 is 2.00 bits per heavy atom. The van der Waals surface area contributed by atoms with Crippen molar-refractivity contribution in [1.82, 2.24) is 0 Å². The van der Waals surface area contributed by atoms with Crippen molar-refractivity contribution in [3.05, 3.63) is 28.8 Å². The summed E-state index contributed by atoms with van der Waals surface area (Å²) in [4.78, 5) is 24.2. The zero-order chi connectivity index (χ0) is 17.2. The molecule has 7 heteroatoms. The van der Waals surface area contributed by atoms with E-state index in [1.54, 1.807) is 26.8 Å². The predicted molar refractivity (Wildman–Crippen MR) is 93.0 cm³/mol. The number of alkyl halides is 1. The lowest BCUT2D eigenvalue weighted by atomic mass is 9.87. The molecule has 0 spiro atoms. The van der Waals surface area contributed by atoms with Crippen molar-refractivity contribution < 1.29 is 23.6 Å². The Morgan fingerprint density at radius 3 is 2.61 bits per heavy atom. The van der Waals surface area contributed by atoms with Crippen molar-refractivity contribution in [1.29, 1.82) is 0 Å². The molecule has 1 aromatic rings. The highest BCUT2D eigenvalue weighted by molar-refractivity contribution is 9.09. The molecule has 23 heavy (non-hydrogen) atoms. The molecule has 2 rings (SSSR count). The van der Waals surface area contributed by atoms with Crippen LogP contribution in [0.1, 0.15) is 59.9 Å². The summed E-state index contributed by atoms with van der Waals surface area (Å²) in [6.07, 6.45) is 1.96. The summed E-state index contributed by atoms with van der Waals surface area (Å²) in [6.45, 7) is 5.23. The van der Waals surface area contributed by atoms with Crippen LogP contribution in [0.4, 0.5) is 4.79 Å². The molecule has 0 radical (unpaired) electrons. The summed E-state index contributed by atoms with van der Waals surface area (Å²) in [5.74, 6) is -0.409. The lowest BCUT2D eigenvalue weighted by Gasteiger charge is -2.25. The van der Waals surface area contributed by atoms with Gasteiger partial charge in [-0.05, 0) is 57.2 Å². The first kappa shape index (κ1) is 18.2. The maximum absolute atomic E-state index is 12.2. The largest absolute Gasteiger partial charge is 0.514 e. The van der Waals surface area contributed by atoms with Gasteiger partial charge in [0.15, 0.2) is 0 Å². The Kier molecular flexibility index (Phi) is 5.69. The Morgan fingerprint density at radius 1 is 1.30 bits per heavy atom. The van der Waals surface area contributed by atoms with Gasteiger partial charge < -0.3 is 14.0 Å². The zero-order valence-electron chi connectivity index (χ0n) is 13.3. The van der Waals surface area contributed by atoms with E-state index in [0.717, 1.165) is 30.4 Å². The van der Waals surface area contributed by atoms with E-state index < -0.39 is 17.7 Å². The maximum Gasteiger partial charge on any atom is 0.514 e. The van der Waals surface area contributed by atoms with Crippen LogP contribution >= 0.6 is 25.4 Å². The molecule has 2 atom stereocenters. The number of ether oxygens (including phenoxy) is 2. The van der Waals surface area contributed by atoms with Crippen molar-refractivity contribution in [2.24, 2.45) is 0 Å². The SMILES string of the molecule is CC(C)(C)OC(=O)Oc1ccc2c(c1C(=O)OP)C(Br)CCC2. The molecule has 126 valence electrons. The first-order valence-electron chi connectivity index (χ1n) is 7.34. The van der Waals surface area contributed by atoms with Crippen LogP contribution in [-0.4, -0.2) is 17.7 Å². The molecule has 0 bridgehead atoms. The molecule has 0 aliphatic heterocycles. The molecule has 0 N–H and O–H groups in total. The van der Waals surface area contributed by atoms with Gasteiger partial charge >= 0.3 is 12.1 Å². The van der Waals surface area contributed by atoms with E-state index in [1.165, 1.54) is 0 Å². The number of halogens is 1. The van der Waals surface area contributed by atoms with Gasteiger partial charge in [-0.1, -0.05) is 22.0 Å². The lowest BCUT2D eigenvalue weighted by Crippen LogP contribution is -2.26. The molecule has 1 aliphatic carbocycles. The molecular weight excluding hydrogens is 383 g/mol. The van der Waals surface area contributed by atoms with E-state index in [2.05, 4.69) is 15.9 Å². The fourth-order valence-electron chi connectivity index (χ4n) is 2.55. The molecule has 1 aliphatic rings. The average molecular weight is 403 g/mol. The minimum Gasteiger partial charge on any atom is -0.448 e. The van der Waals surface area contributed by atoms with E-state index in [9.17, 15) is 9.59 Å². The molecule has 5 nitrogen and oxygen atoms in total. The van der Waals surface area contributed by atoms with Crippen LogP contribution < -0.4 is 4.74 Å². The average Bonchev–Trinajstić information content (AvgIpc) is 2.45. The topological polar surface area (TPSA) is 61.8 Å². The fraction of sp³-hybridized carbons (Fsp3) is 0.500. The number of aryl methyl sites for hydroxylation is 1. The number of fused-ring (bicyclic) bond motifs is 1. The van der Waals surface area contributed by atoms with Crippen molar-refractivity contribution in [3.8, 4) is 5.75 Å². The van der Waals surface area contributed by atoms with Crippen molar-refractivity contribution in [2.45, 2.75) is 50.5 Å². The maximum atomic E-state index is 12.2. The summed E-state index contributed by atoms with van der Waals surface area (Å²) in [7, 11) is 1.93. The van der Waals surface area contributed by atoms with Gasteiger partial charge in [-0.15, -0.1) is 0 Å². The van der Waals surface area contributed by atoms with E-state index in [4.69, 9.17) is 14.0 Å². The summed E-state index contributed by atoms with van der Waals surface area (Å²) >= 11 is 3.60. The highest BCUT2D eigenvalue weighted by atomic mass is 79.9. The number of hydrogen-bond acceptors (Lipinski definition) is 5. The van der Waals surface area contributed by atoms with Gasteiger partial charge in [0, 0.05) is 4.83 Å². The number of carbonyl (C=O) groups is 2. The second-order valence-corrected chi connectivity index (χ2v) is 7.68. The third-order valence-corrected chi connectivity index (χ3v) is 4.54. The zero-order valence-corrected chi connectivity index (χ0v) is 16.1. The molecule has 0 aromatic heterocycles. The van der Waals surface area contributed by atoms with Crippen LogP contribution in [0.15, 0.2) is 12.1 Å². The highest BCUT2D eigenvalue weighted by Gasteiger charge is 2.30. The van der Waals surface area contributed by atoms with Crippen LogP contribution in [0.2, 0.25) is 0 Å². The van der Waals surface area contributed by atoms with Crippen molar-refractivity contribution >= 4 is 37.5 Å². The van der Waals surface area contributed by atoms with Gasteiger partial charge in [-0.3, -0.25) is 0 Å². The van der Waals surface area contributed by atoms with E-state index in [-0.39, 0.29) is 16.1 Å². The minimum atomic E-state index is -0.850. The number of carbonyl (C=O) groups excluding carboxylic acids is 2. The van der Waals surface area contributed by atoms with E-state index in [0.29, 0.717) is 0 Å². The quantitative estimate of drug-likeness (QED) is 0.310. The lowest BCUT2D eigenvalue weighted by molar-refractivity contribution is 0.0204. The fourth-order valence-corrected chi connectivity index (χ4v) is 3.51. The number of benzene rings is 1. The Hall–Kier alpha value is -1.13. The molecule has 1 aromatic carbocycles. The van der Waals surface area contributed by atoms with Gasteiger partial charge in [0.2, 0.25) is 0 Å². The van der Waals surface area contributed by atoms with Crippen LogP contribution in [0, 0.1) is 0 Å². The minimum absolute atomic E-state index is 0.0209. The van der Waals surface area contributed by atoms with E-state index >= 15 is 0 Å². The monoisotopic (exact) mass is 402 g/mol. The molecule has 0 heterocycles. The van der Waals surface area contributed by atoms with Crippen LogP contribution in [0.5, 0.6) is 5.75 Å². The van der Waals surface area contributed by atoms with Crippen molar-refractivity contribution in [3.63, 3.8) is 0 Å². The van der Waals surface area contributed by atoms with Gasteiger partial charge in [0.1, 0.15) is 16.9 Å². The Balaban J connectivity index is 2.41. The normalized spacial score (nSPS) is 17.2. The highest BCUT2D eigenvalue weighted by Crippen LogP contribution is 2.42. The van der Waals surface area contributed by atoms with Crippen LogP contribution in [0.25, 0.3) is 0 Å². The summed E-state index contributed by atoms with van der Waals surface area (Å²) in [6, 6.07) is 3.49. The second kappa shape index (κ2) is 7.18. The molecule has 0 amide bonds. The molecular formula is C16H20BrO5P. The van der Waals surface area contributed by atoms with Gasteiger partial charge in [0.05, 0.1) is 9.47 Å². The Bertz CT molecular complexity index is 624. The standard InChI is InChI=1S/C16H20BrO5P/c1-16(2,3)21-15(19)20-11-8-7-9-5-4-6-10(17)12(9)13(11)14(18)22-23/h7-8,10H,4-6,23H2,1-3H3. The van der Waals surface area contributed by atoms with Crippen LogP contribution in [-0.2, 0) is 15.7 Å². The molecule has 0 fully saturated rings. The summed E-state index contributed by atoms with van der Waals surface area (Å²) in [5.41, 5.74) is 1.47. The third kappa shape index (κ3) is 4.45. The molecule has 2 unspecified atom stereocenters. The van der Waals surface area contributed by atoms with Crippen LogP contribution in [0.3, 0.4) is 0 Å². The Labute approximate surface area is 146 Å². The van der Waals surface area contributed by atoms with Crippen molar-refractivity contribution in [2.75, 3.05) is 0 Å². The smallest absolute Gasteiger partial charge is 0.448 e. The first-order valence-corrected chi connectivity index (χ1v) is 8.73. The van der Waals surface area contributed by atoms with Gasteiger partial charge in [0.25, 0.3) is 0 Å². The van der Waals surface area contributed by atoms with E-state index in [1.807, 2.05) is 15.5 Å². The number of rotatable bonds is 2. The van der Waals surface area contributed by atoms with Gasteiger partial charge in [-0.25, -0.2) is 9.59 Å². The summed E-state index contributed by atoms with van der Waals surface area (Å²) < 4.78 is 15.2. The molecule has 0 saturated carbocycles. The summed E-state index contributed by atoms with van der Waals surface area (Å²) in [5, 5.41) is 0. The second-order valence-electron chi connectivity index (χ2n) is 6.34. The third-order valence-electron chi connectivity index (χ3n) is 3.41. The first-order chi connectivity index (χ1) is 10.7. The molecule has 0 saturated heterocycles. The number of hydrogen-bond donors (Lipinski definition) is 0. The predicted octanol–water partition coefficient (Wildman–Crippen LogP) is 4.72. The van der Waals surface area contributed by atoms with Gasteiger partial charge in [-0.2, -0.15) is 0 Å².